The first kappa shape index (κ1) is 29.8. The van der Waals surface area contributed by atoms with E-state index in [4.69, 9.17) is 0 Å². The summed E-state index contributed by atoms with van der Waals surface area (Å²) in [6.45, 7) is 2.15. The van der Waals surface area contributed by atoms with Gasteiger partial charge in [-0.3, -0.25) is 0 Å². The van der Waals surface area contributed by atoms with Crippen molar-refractivity contribution in [2.75, 3.05) is 0 Å². The fraction of sp³-hybridized carbons (Fsp3) is 0.0196. The van der Waals surface area contributed by atoms with Crippen LogP contribution in [0.3, 0.4) is 0 Å². The standard InChI is InChI=1S/C51H34N2/c1-33-26-28-34(29-27-33)50-42-18-2-4-20-44(42)51(45-21-5-3-19-43(45)50)35-30-36(52-46-22-10-6-14-38(46)39-15-7-11-23-47(39)52)32-37(31-35)53-48-24-12-8-16-40(48)41-17-9-13-25-49(41)53/h2-32H,1H3. The molecule has 0 fully saturated rings. The maximum Gasteiger partial charge on any atom is 0.0541 e. The van der Waals surface area contributed by atoms with Crippen molar-refractivity contribution in [3.8, 4) is 33.6 Å². The van der Waals surface area contributed by atoms with Crippen LogP contribution in [0.1, 0.15) is 5.56 Å². The summed E-state index contributed by atoms with van der Waals surface area (Å²) in [5.41, 5.74) is 13.3. The van der Waals surface area contributed by atoms with Crippen molar-refractivity contribution in [3.63, 3.8) is 0 Å². The molecule has 0 saturated heterocycles. The number of para-hydroxylation sites is 4. The van der Waals surface area contributed by atoms with Crippen molar-refractivity contribution >= 4 is 65.2 Å². The fourth-order valence-electron chi connectivity index (χ4n) is 8.87. The summed E-state index contributed by atoms with van der Waals surface area (Å²) < 4.78 is 4.91. The second-order valence-electron chi connectivity index (χ2n) is 14.2. The lowest BCUT2D eigenvalue weighted by Crippen LogP contribution is -2.00. The lowest BCUT2D eigenvalue weighted by Gasteiger charge is -2.20. The van der Waals surface area contributed by atoms with Crippen molar-refractivity contribution < 1.29 is 0 Å². The summed E-state index contributed by atoms with van der Waals surface area (Å²) in [5, 5.41) is 10.0. The molecule has 248 valence electrons. The molecule has 0 N–H and O–H groups in total. The van der Waals surface area contributed by atoms with Gasteiger partial charge in [0, 0.05) is 32.9 Å². The molecular weight excluding hydrogens is 641 g/mol. The van der Waals surface area contributed by atoms with E-state index < -0.39 is 0 Å². The second-order valence-corrected chi connectivity index (χ2v) is 14.2. The van der Waals surface area contributed by atoms with Gasteiger partial charge in [0.25, 0.3) is 0 Å². The van der Waals surface area contributed by atoms with E-state index in [1.54, 1.807) is 0 Å². The smallest absolute Gasteiger partial charge is 0.0541 e. The van der Waals surface area contributed by atoms with Crippen molar-refractivity contribution in [2.24, 2.45) is 0 Å². The number of nitrogens with zero attached hydrogens (tertiary/aromatic N) is 2. The molecule has 2 heteroatoms. The number of aromatic nitrogens is 2. The third-order valence-corrected chi connectivity index (χ3v) is 11.1. The molecule has 0 amide bonds. The predicted octanol–water partition coefficient (Wildman–Crippen LogP) is 13.8. The minimum atomic E-state index is 1.13. The average molecular weight is 675 g/mol. The van der Waals surface area contributed by atoms with Gasteiger partial charge in [0.15, 0.2) is 0 Å². The third-order valence-electron chi connectivity index (χ3n) is 11.1. The first-order valence-corrected chi connectivity index (χ1v) is 18.4. The average Bonchev–Trinajstić information content (AvgIpc) is 3.73. The van der Waals surface area contributed by atoms with E-state index >= 15 is 0 Å². The van der Waals surface area contributed by atoms with Crippen LogP contribution >= 0.6 is 0 Å². The van der Waals surface area contributed by atoms with Gasteiger partial charge in [0.1, 0.15) is 0 Å². The Morgan fingerprint density at radius 1 is 0.283 bits per heavy atom. The zero-order valence-electron chi connectivity index (χ0n) is 29.3. The molecule has 2 aromatic heterocycles. The van der Waals surface area contributed by atoms with E-state index in [1.807, 2.05) is 0 Å². The van der Waals surface area contributed by atoms with Crippen molar-refractivity contribution in [3.05, 3.63) is 194 Å². The Hall–Kier alpha value is -6.90. The minimum Gasteiger partial charge on any atom is -0.309 e. The summed E-state index contributed by atoms with van der Waals surface area (Å²) in [7, 11) is 0. The Bertz CT molecular complexity index is 2930. The van der Waals surface area contributed by atoms with Crippen LogP contribution in [0.15, 0.2) is 188 Å². The Morgan fingerprint density at radius 3 is 0.943 bits per heavy atom. The molecule has 0 aliphatic carbocycles. The monoisotopic (exact) mass is 674 g/mol. The Balaban J connectivity index is 1.31. The molecule has 9 aromatic carbocycles. The van der Waals surface area contributed by atoms with E-state index in [1.165, 1.54) is 93.0 Å². The molecule has 0 aliphatic heterocycles. The van der Waals surface area contributed by atoms with Gasteiger partial charge in [-0.25, -0.2) is 0 Å². The minimum absolute atomic E-state index is 1.13. The van der Waals surface area contributed by atoms with Gasteiger partial charge in [-0.1, -0.05) is 151 Å². The van der Waals surface area contributed by atoms with E-state index in [0.29, 0.717) is 0 Å². The van der Waals surface area contributed by atoms with Crippen molar-refractivity contribution in [1.82, 2.24) is 9.13 Å². The van der Waals surface area contributed by atoms with E-state index in [0.717, 1.165) is 11.4 Å². The molecule has 0 bridgehead atoms. The van der Waals surface area contributed by atoms with Crippen LogP contribution in [0.2, 0.25) is 0 Å². The van der Waals surface area contributed by atoms with Crippen LogP contribution in [0.4, 0.5) is 0 Å². The number of benzene rings is 9. The van der Waals surface area contributed by atoms with Crippen LogP contribution < -0.4 is 0 Å². The van der Waals surface area contributed by atoms with Crippen LogP contribution in [-0.4, -0.2) is 9.13 Å². The number of fused-ring (bicyclic) bond motifs is 8. The third kappa shape index (κ3) is 4.46. The van der Waals surface area contributed by atoms with E-state index in [-0.39, 0.29) is 0 Å². The highest BCUT2D eigenvalue weighted by Gasteiger charge is 2.21. The molecule has 53 heavy (non-hydrogen) atoms. The maximum atomic E-state index is 2.45. The van der Waals surface area contributed by atoms with Gasteiger partial charge < -0.3 is 9.13 Å². The largest absolute Gasteiger partial charge is 0.309 e. The number of hydrogen-bond acceptors (Lipinski definition) is 0. The second kappa shape index (κ2) is 11.6. The summed E-state index contributed by atoms with van der Waals surface area (Å²) in [6, 6.07) is 69.3. The molecule has 2 heterocycles. The molecule has 0 spiro atoms. The molecule has 0 unspecified atom stereocenters. The zero-order chi connectivity index (χ0) is 35.0. The quantitative estimate of drug-likeness (QED) is 0.164. The SMILES string of the molecule is Cc1ccc(-c2c3ccccc3c(-c3cc(-n4c5ccccc5c5ccccc54)cc(-n4c5ccccc5c5ccccc54)c3)c3ccccc23)cc1. The molecular formula is C51H34N2. The van der Waals surface area contributed by atoms with E-state index in [9.17, 15) is 0 Å². The summed E-state index contributed by atoms with van der Waals surface area (Å²) in [6.07, 6.45) is 0. The zero-order valence-corrected chi connectivity index (χ0v) is 29.3. The van der Waals surface area contributed by atoms with Gasteiger partial charge in [0.05, 0.1) is 22.1 Å². The lowest BCUT2D eigenvalue weighted by atomic mass is 9.85. The van der Waals surface area contributed by atoms with Crippen molar-refractivity contribution in [1.29, 1.82) is 0 Å². The first-order valence-electron chi connectivity index (χ1n) is 18.4. The van der Waals surface area contributed by atoms with E-state index in [2.05, 4.69) is 204 Å². The van der Waals surface area contributed by atoms with Crippen molar-refractivity contribution in [2.45, 2.75) is 6.92 Å². The van der Waals surface area contributed by atoms with Gasteiger partial charge in [0.2, 0.25) is 0 Å². The highest BCUT2D eigenvalue weighted by molar-refractivity contribution is 6.22. The van der Waals surface area contributed by atoms with Crippen LogP contribution in [0.25, 0.3) is 98.8 Å². The number of rotatable bonds is 4. The van der Waals surface area contributed by atoms with Gasteiger partial charge in [-0.2, -0.15) is 0 Å². The molecule has 0 radical (unpaired) electrons. The molecule has 0 saturated carbocycles. The Labute approximate surface area is 307 Å². The van der Waals surface area contributed by atoms with Gasteiger partial charge in [-0.05, 0) is 93.2 Å². The molecule has 2 nitrogen and oxygen atoms in total. The lowest BCUT2D eigenvalue weighted by molar-refractivity contribution is 1.14. The van der Waals surface area contributed by atoms with Crippen LogP contribution in [-0.2, 0) is 0 Å². The van der Waals surface area contributed by atoms with Crippen LogP contribution in [0.5, 0.6) is 0 Å². The maximum absolute atomic E-state index is 2.45. The first-order chi connectivity index (χ1) is 26.2. The Kier molecular flexibility index (Phi) is 6.50. The molecule has 11 rings (SSSR count). The Morgan fingerprint density at radius 2 is 0.585 bits per heavy atom. The number of aryl methyl sites for hydroxylation is 1. The highest BCUT2D eigenvalue weighted by Crippen LogP contribution is 2.45. The summed E-state index contributed by atoms with van der Waals surface area (Å²) >= 11 is 0. The summed E-state index contributed by atoms with van der Waals surface area (Å²) in [4.78, 5) is 0. The fourth-order valence-corrected chi connectivity index (χ4v) is 8.87. The number of hydrogen-bond donors (Lipinski definition) is 0. The highest BCUT2D eigenvalue weighted by atomic mass is 15.0. The summed E-state index contributed by atoms with van der Waals surface area (Å²) in [5.74, 6) is 0. The van der Waals surface area contributed by atoms with Crippen LogP contribution in [0, 0.1) is 6.92 Å². The van der Waals surface area contributed by atoms with Gasteiger partial charge >= 0.3 is 0 Å². The molecule has 0 aliphatic rings. The molecule has 11 aromatic rings. The topological polar surface area (TPSA) is 9.86 Å². The predicted molar refractivity (Wildman–Crippen MR) is 226 cm³/mol. The normalized spacial score (nSPS) is 11.9. The molecule has 0 atom stereocenters. The van der Waals surface area contributed by atoms with Gasteiger partial charge in [-0.15, -0.1) is 0 Å².